The van der Waals surface area contributed by atoms with Crippen molar-refractivity contribution in [2.75, 3.05) is 32.7 Å². The largest absolute Gasteiger partial charge is 0.508 e. The normalized spacial score (nSPS) is 14.9. The standard InChI is InChI=1S/C25H35N5O2.HI/c1-3-26-25(28-15-14-27-24(32)20-8-10-23(31)11-9-20)29-22-12-16-30(17-13-22)18-21-7-5-4-6-19(21)2;/h4-11,22,31H,3,12-18H2,1-2H3,(H,27,32)(H2,26,28,29);1H. The fourth-order valence-corrected chi connectivity index (χ4v) is 3.83. The molecular weight excluding hydrogens is 529 g/mol. The average molecular weight is 566 g/mol. The van der Waals surface area contributed by atoms with E-state index in [1.165, 1.54) is 23.3 Å². The Kier molecular flexibility index (Phi) is 11.5. The number of aryl methyl sites for hydroxylation is 1. The molecule has 0 aliphatic carbocycles. The molecule has 0 unspecified atom stereocenters. The molecule has 1 aliphatic heterocycles. The number of rotatable bonds is 8. The zero-order chi connectivity index (χ0) is 22.8. The van der Waals surface area contributed by atoms with Gasteiger partial charge in [-0.05, 0) is 62.1 Å². The highest BCUT2D eigenvalue weighted by Crippen LogP contribution is 2.16. The third kappa shape index (κ3) is 8.85. The van der Waals surface area contributed by atoms with Crippen LogP contribution in [0.25, 0.3) is 0 Å². The van der Waals surface area contributed by atoms with E-state index in [1.807, 2.05) is 0 Å². The number of phenolic OH excluding ortho intramolecular Hbond substituents is 1. The van der Waals surface area contributed by atoms with Gasteiger partial charge in [0.2, 0.25) is 0 Å². The molecule has 2 aromatic rings. The Morgan fingerprint density at radius 2 is 1.79 bits per heavy atom. The highest BCUT2D eigenvalue weighted by molar-refractivity contribution is 14.0. The minimum absolute atomic E-state index is 0. The van der Waals surface area contributed by atoms with Gasteiger partial charge < -0.3 is 21.1 Å². The maximum absolute atomic E-state index is 12.1. The third-order valence-corrected chi connectivity index (χ3v) is 5.72. The molecule has 4 N–H and O–H groups in total. The Labute approximate surface area is 214 Å². The number of piperidine rings is 1. The molecular formula is C25H36IN5O2. The summed E-state index contributed by atoms with van der Waals surface area (Å²) in [5, 5.41) is 19.0. The molecule has 8 heteroatoms. The number of likely N-dealkylation sites (tertiary alicyclic amines) is 1. The van der Waals surface area contributed by atoms with Gasteiger partial charge in [-0.1, -0.05) is 24.3 Å². The van der Waals surface area contributed by atoms with E-state index >= 15 is 0 Å². The van der Waals surface area contributed by atoms with Crippen molar-refractivity contribution in [1.29, 1.82) is 0 Å². The van der Waals surface area contributed by atoms with Crippen LogP contribution < -0.4 is 16.0 Å². The minimum atomic E-state index is -0.167. The van der Waals surface area contributed by atoms with Crippen LogP contribution in [0.1, 0.15) is 41.3 Å². The Balaban J connectivity index is 0.00000385. The second-order valence-electron chi connectivity index (χ2n) is 8.18. The first kappa shape index (κ1) is 26.9. The van der Waals surface area contributed by atoms with Gasteiger partial charge in [0.05, 0.1) is 6.54 Å². The predicted molar refractivity (Wildman–Crippen MR) is 144 cm³/mol. The van der Waals surface area contributed by atoms with Crippen LogP contribution in [0.3, 0.4) is 0 Å². The number of hydrogen-bond acceptors (Lipinski definition) is 4. The van der Waals surface area contributed by atoms with Crippen LogP contribution in [-0.4, -0.2) is 60.6 Å². The Morgan fingerprint density at radius 3 is 2.45 bits per heavy atom. The Hall–Kier alpha value is -2.33. The molecule has 2 aromatic carbocycles. The second-order valence-corrected chi connectivity index (χ2v) is 8.18. The fraction of sp³-hybridized carbons (Fsp3) is 0.440. The number of carbonyl (C=O) groups is 1. The lowest BCUT2D eigenvalue weighted by Crippen LogP contribution is -2.48. The van der Waals surface area contributed by atoms with Gasteiger partial charge in [-0.2, -0.15) is 0 Å². The molecule has 0 spiro atoms. The zero-order valence-electron chi connectivity index (χ0n) is 19.5. The molecule has 33 heavy (non-hydrogen) atoms. The molecule has 0 bridgehead atoms. The van der Waals surface area contributed by atoms with Gasteiger partial charge >= 0.3 is 0 Å². The molecule has 1 saturated heterocycles. The highest BCUT2D eigenvalue weighted by atomic mass is 127. The lowest BCUT2D eigenvalue weighted by Gasteiger charge is -2.33. The first-order valence-corrected chi connectivity index (χ1v) is 11.4. The van der Waals surface area contributed by atoms with E-state index in [0.717, 1.165) is 45.0 Å². The number of benzene rings is 2. The van der Waals surface area contributed by atoms with E-state index < -0.39 is 0 Å². The number of hydrogen-bond donors (Lipinski definition) is 4. The van der Waals surface area contributed by atoms with E-state index in [1.54, 1.807) is 12.1 Å². The van der Waals surface area contributed by atoms with E-state index in [2.05, 4.69) is 64.0 Å². The molecule has 0 saturated carbocycles. The third-order valence-electron chi connectivity index (χ3n) is 5.72. The van der Waals surface area contributed by atoms with E-state index in [0.29, 0.717) is 24.7 Å². The van der Waals surface area contributed by atoms with Crippen LogP contribution in [0.15, 0.2) is 53.5 Å². The topological polar surface area (TPSA) is 89.0 Å². The summed E-state index contributed by atoms with van der Waals surface area (Å²) in [4.78, 5) is 19.3. The number of halogens is 1. The maximum Gasteiger partial charge on any atom is 0.251 e. The minimum Gasteiger partial charge on any atom is -0.508 e. The number of guanidine groups is 1. The molecule has 0 aromatic heterocycles. The Morgan fingerprint density at radius 1 is 1.09 bits per heavy atom. The summed E-state index contributed by atoms with van der Waals surface area (Å²) in [6.07, 6.45) is 2.15. The lowest BCUT2D eigenvalue weighted by molar-refractivity contribution is 0.0955. The number of aromatic hydroxyl groups is 1. The number of carbonyl (C=O) groups excluding carboxylic acids is 1. The summed E-state index contributed by atoms with van der Waals surface area (Å²) in [5.41, 5.74) is 3.28. The summed E-state index contributed by atoms with van der Waals surface area (Å²) in [6.45, 7) is 9.09. The number of phenols is 1. The highest BCUT2D eigenvalue weighted by Gasteiger charge is 2.20. The number of amides is 1. The van der Waals surface area contributed by atoms with Crippen LogP contribution in [0.4, 0.5) is 0 Å². The number of nitrogens with zero attached hydrogens (tertiary/aromatic N) is 2. The van der Waals surface area contributed by atoms with Crippen LogP contribution in [-0.2, 0) is 6.54 Å². The van der Waals surface area contributed by atoms with Crippen LogP contribution >= 0.6 is 24.0 Å². The van der Waals surface area contributed by atoms with Crippen molar-refractivity contribution in [2.45, 2.75) is 39.3 Å². The second kappa shape index (κ2) is 14.0. The van der Waals surface area contributed by atoms with Crippen molar-refractivity contribution in [3.05, 3.63) is 65.2 Å². The monoisotopic (exact) mass is 565 g/mol. The van der Waals surface area contributed by atoms with Gasteiger partial charge in [0.25, 0.3) is 5.91 Å². The van der Waals surface area contributed by atoms with Crippen LogP contribution in [0, 0.1) is 6.92 Å². The molecule has 1 aliphatic rings. The van der Waals surface area contributed by atoms with E-state index in [-0.39, 0.29) is 35.6 Å². The van der Waals surface area contributed by atoms with Gasteiger partial charge in [-0.15, -0.1) is 24.0 Å². The van der Waals surface area contributed by atoms with Crippen LogP contribution in [0.2, 0.25) is 0 Å². The summed E-state index contributed by atoms with van der Waals surface area (Å²) in [7, 11) is 0. The SMILES string of the molecule is CCNC(=NCCNC(=O)c1ccc(O)cc1)NC1CCN(Cc2ccccc2C)CC1.I. The van der Waals surface area contributed by atoms with Gasteiger partial charge in [-0.3, -0.25) is 14.7 Å². The molecule has 180 valence electrons. The van der Waals surface area contributed by atoms with Gasteiger partial charge in [-0.25, -0.2) is 0 Å². The van der Waals surface area contributed by atoms with Crippen molar-refractivity contribution < 1.29 is 9.90 Å². The fourth-order valence-electron chi connectivity index (χ4n) is 3.83. The summed E-state index contributed by atoms with van der Waals surface area (Å²) >= 11 is 0. The van der Waals surface area contributed by atoms with Crippen molar-refractivity contribution in [3.8, 4) is 5.75 Å². The molecule has 7 nitrogen and oxygen atoms in total. The predicted octanol–water partition coefficient (Wildman–Crippen LogP) is 3.27. The van der Waals surface area contributed by atoms with Gasteiger partial charge in [0, 0.05) is 44.3 Å². The smallest absolute Gasteiger partial charge is 0.251 e. The number of aliphatic imine (C=N–C) groups is 1. The van der Waals surface area contributed by atoms with E-state index in [4.69, 9.17) is 0 Å². The lowest BCUT2D eigenvalue weighted by atomic mass is 10.0. The zero-order valence-corrected chi connectivity index (χ0v) is 21.8. The first-order valence-electron chi connectivity index (χ1n) is 11.4. The van der Waals surface area contributed by atoms with Gasteiger partial charge in [0.15, 0.2) is 5.96 Å². The molecule has 1 fully saturated rings. The summed E-state index contributed by atoms with van der Waals surface area (Å²) in [6, 6.07) is 15.2. The quantitative estimate of drug-likeness (QED) is 0.171. The maximum atomic E-state index is 12.1. The van der Waals surface area contributed by atoms with Crippen molar-refractivity contribution in [2.24, 2.45) is 4.99 Å². The van der Waals surface area contributed by atoms with E-state index in [9.17, 15) is 9.90 Å². The van der Waals surface area contributed by atoms with Crippen LogP contribution in [0.5, 0.6) is 5.75 Å². The summed E-state index contributed by atoms with van der Waals surface area (Å²) < 4.78 is 0. The molecule has 0 radical (unpaired) electrons. The molecule has 3 rings (SSSR count). The van der Waals surface area contributed by atoms with Crippen molar-refractivity contribution >= 4 is 35.8 Å². The molecule has 0 atom stereocenters. The summed E-state index contributed by atoms with van der Waals surface area (Å²) in [5.74, 6) is 0.774. The Bertz CT molecular complexity index is 896. The van der Waals surface area contributed by atoms with Gasteiger partial charge in [0.1, 0.15) is 5.75 Å². The molecule has 1 amide bonds. The van der Waals surface area contributed by atoms with Crippen molar-refractivity contribution in [1.82, 2.24) is 20.9 Å². The number of nitrogens with one attached hydrogen (secondary N) is 3. The molecule has 1 heterocycles. The van der Waals surface area contributed by atoms with Crippen molar-refractivity contribution in [3.63, 3.8) is 0 Å². The first-order chi connectivity index (χ1) is 15.5. The average Bonchev–Trinajstić information content (AvgIpc) is 2.80.